The Labute approximate surface area is 180 Å². The summed E-state index contributed by atoms with van der Waals surface area (Å²) in [4.78, 5) is 26.7. The van der Waals surface area contributed by atoms with Crippen LogP contribution in [0.15, 0.2) is 41.8 Å². The predicted molar refractivity (Wildman–Crippen MR) is 113 cm³/mol. The maximum absolute atomic E-state index is 12.2. The molecule has 0 bridgehead atoms. The zero-order valence-electron chi connectivity index (χ0n) is 15.9. The largest absolute Gasteiger partial charge is 0.497 e. The molecule has 3 aromatic rings. The first-order valence-corrected chi connectivity index (χ1v) is 9.71. The van der Waals surface area contributed by atoms with E-state index in [0.29, 0.717) is 22.3 Å². The Bertz CT molecular complexity index is 1090. The Kier molecular flexibility index (Phi) is 6.70. The minimum absolute atomic E-state index is 0.0418. The maximum Gasteiger partial charge on any atom is 0.271 e. The molecule has 30 heavy (non-hydrogen) atoms. The van der Waals surface area contributed by atoms with Crippen molar-refractivity contribution in [2.75, 3.05) is 26.1 Å². The van der Waals surface area contributed by atoms with E-state index in [9.17, 15) is 14.9 Å². The predicted octanol–water partition coefficient (Wildman–Crippen LogP) is 4.41. The lowest BCUT2D eigenvalue weighted by Gasteiger charge is -2.08. The molecule has 0 spiro atoms. The number of rotatable bonds is 8. The van der Waals surface area contributed by atoms with E-state index in [4.69, 9.17) is 25.8 Å². The number of thiazole rings is 1. The summed E-state index contributed by atoms with van der Waals surface area (Å²) in [5.41, 5.74) is 1.22. The Morgan fingerprint density at radius 1 is 1.20 bits per heavy atom. The van der Waals surface area contributed by atoms with Crippen molar-refractivity contribution in [2.45, 2.75) is 0 Å². The number of nitro benzene ring substituents is 1. The second-order valence-electron chi connectivity index (χ2n) is 5.81. The van der Waals surface area contributed by atoms with Crippen LogP contribution in [0.4, 0.5) is 10.8 Å². The van der Waals surface area contributed by atoms with E-state index >= 15 is 0 Å². The van der Waals surface area contributed by atoms with Crippen molar-refractivity contribution in [1.82, 2.24) is 4.98 Å². The molecule has 0 aliphatic carbocycles. The molecule has 0 fully saturated rings. The molecule has 0 saturated carbocycles. The van der Waals surface area contributed by atoms with Crippen LogP contribution in [0.2, 0.25) is 5.02 Å². The summed E-state index contributed by atoms with van der Waals surface area (Å²) in [6.45, 7) is -0.335. The van der Waals surface area contributed by atoms with Crippen molar-refractivity contribution in [1.29, 1.82) is 0 Å². The molecular weight excluding hydrogens is 434 g/mol. The summed E-state index contributed by atoms with van der Waals surface area (Å²) in [6, 6.07) is 9.09. The first kappa shape index (κ1) is 21.3. The molecule has 0 saturated heterocycles. The molecule has 1 amide bonds. The number of carbonyl (C=O) groups excluding carboxylic acids is 1. The van der Waals surface area contributed by atoms with Gasteiger partial charge in [-0.2, -0.15) is 0 Å². The van der Waals surface area contributed by atoms with Crippen molar-refractivity contribution >= 4 is 39.7 Å². The topological polar surface area (TPSA) is 113 Å². The van der Waals surface area contributed by atoms with Gasteiger partial charge < -0.3 is 14.2 Å². The van der Waals surface area contributed by atoms with Crippen molar-refractivity contribution < 1.29 is 23.9 Å². The van der Waals surface area contributed by atoms with Gasteiger partial charge >= 0.3 is 0 Å². The van der Waals surface area contributed by atoms with Crippen molar-refractivity contribution in [3.05, 3.63) is 56.9 Å². The standard InChI is InChI=1S/C19H16ClN3O6S/c1-27-12-4-5-13(17(8-12)28-2)15-10-30-19(21-15)22-18(24)9-29-16-6-3-11(23(25)26)7-14(16)20/h3-8,10H,9H2,1-2H3,(H,21,22,24). The highest BCUT2D eigenvalue weighted by atomic mass is 35.5. The van der Waals surface area contributed by atoms with E-state index in [2.05, 4.69) is 10.3 Å². The molecular formula is C19H16ClN3O6S. The summed E-state index contributed by atoms with van der Waals surface area (Å²) in [5, 5.41) is 15.6. The van der Waals surface area contributed by atoms with E-state index < -0.39 is 10.8 Å². The second kappa shape index (κ2) is 9.42. The molecule has 11 heteroatoms. The average molecular weight is 450 g/mol. The number of ether oxygens (including phenoxy) is 3. The summed E-state index contributed by atoms with van der Waals surface area (Å²) >= 11 is 7.19. The van der Waals surface area contributed by atoms with E-state index in [0.717, 1.165) is 11.6 Å². The number of non-ortho nitro benzene ring substituents is 1. The van der Waals surface area contributed by atoms with Gasteiger partial charge in [0.25, 0.3) is 11.6 Å². The number of hydrogen-bond donors (Lipinski definition) is 1. The first-order chi connectivity index (χ1) is 14.4. The van der Waals surface area contributed by atoms with Crippen molar-refractivity contribution in [2.24, 2.45) is 0 Å². The van der Waals surface area contributed by atoms with Gasteiger partial charge in [-0.05, 0) is 18.2 Å². The normalized spacial score (nSPS) is 10.4. The summed E-state index contributed by atoms with van der Waals surface area (Å²) in [7, 11) is 3.12. The third-order valence-corrected chi connectivity index (χ3v) is 4.97. The quantitative estimate of drug-likeness (QED) is 0.400. The number of carbonyl (C=O) groups is 1. The lowest BCUT2D eigenvalue weighted by atomic mass is 10.1. The number of methoxy groups -OCH3 is 2. The number of benzene rings is 2. The van der Waals surface area contributed by atoms with Crippen LogP contribution in [0.5, 0.6) is 17.2 Å². The zero-order valence-corrected chi connectivity index (χ0v) is 17.5. The van der Waals surface area contributed by atoms with Crippen LogP contribution in [0.3, 0.4) is 0 Å². The van der Waals surface area contributed by atoms with Gasteiger partial charge in [-0.15, -0.1) is 11.3 Å². The minimum atomic E-state index is -0.569. The fourth-order valence-electron chi connectivity index (χ4n) is 2.48. The summed E-state index contributed by atoms with van der Waals surface area (Å²) in [5.74, 6) is 0.960. The number of hydrogen-bond acceptors (Lipinski definition) is 8. The highest BCUT2D eigenvalue weighted by Gasteiger charge is 2.14. The van der Waals surface area contributed by atoms with Gasteiger partial charge in [0.05, 0.1) is 29.9 Å². The van der Waals surface area contributed by atoms with Crippen molar-refractivity contribution in [3.63, 3.8) is 0 Å². The molecule has 0 aliphatic rings. The van der Waals surface area contributed by atoms with Crippen LogP contribution < -0.4 is 19.5 Å². The van der Waals surface area contributed by atoms with Crippen LogP contribution in [0.25, 0.3) is 11.3 Å². The molecule has 0 atom stereocenters. The summed E-state index contributed by atoms with van der Waals surface area (Å²) < 4.78 is 15.9. The number of nitrogens with one attached hydrogen (secondary N) is 1. The van der Waals surface area contributed by atoms with Gasteiger partial charge in [-0.25, -0.2) is 4.98 Å². The maximum atomic E-state index is 12.2. The lowest BCUT2D eigenvalue weighted by molar-refractivity contribution is -0.384. The fraction of sp³-hybridized carbons (Fsp3) is 0.158. The zero-order chi connectivity index (χ0) is 21.7. The van der Waals surface area contributed by atoms with Crippen LogP contribution in [0.1, 0.15) is 0 Å². The minimum Gasteiger partial charge on any atom is -0.497 e. The second-order valence-corrected chi connectivity index (χ2v) is 7.08. The van der Waals surface area contributed by atoms with Gasteiger partial charge in [0.2, 0.25) is 0 Å². The third kappa shape index (κ3) is 4.97. The van der Waals surface area contributed by atoms with E-state index in [1.54, 1.807) is 31.7 Å². The van der Waals surface area contributed by atoms with Gasteiger partial charge in [-0.1, -0.05) is 11.6 Å². The molecule has 0 radical (unpaired) electrons. The number of anilines is 1. The van der Waals surface area contributed by atoms with E-state index in [1.165, 1.54) is 23.5 Å². The van der Waals surface area contributed by atoms with Gasteiger partial charge in [-0.3, -0.25) is 20.2 Å². The molecule has 1 N–H and O–H groups in total. The molecule has 0 aliphatic heterocycles. The van der Waals surface area contributed by atoms with Gasteiger partial charge in [0, 0.05) is 29.1 Å². The fourth-order valence-corrected chi connectivity index (χ4v) is 3.44. The van der Waals surface area contributed by atoms with Crippen LogP contribution in [-0.4, -0.2) is 36.6 Å². The molecule has 9 nitrogen and oxygen atoms in total. The number of aromatic nitrogens is 1. The van der Waals surface area contributed by atoms with Gasteiger partial charge in [0.1, 0.15) is 17.2 Å². The van der Waals surface area contributed by atoms with E-state index in [1.807, 2.05) is 6.07 Å². The Morgan fingerprint density at radius 3 is 2.67 bits per heavy atom. The SMILES string of the molecule is COc1ccc(-c2csc(NC(=O)COc3ccc([N+](=O)[O-])cc3Cl)n2)c(OC)c1. The number of nitro groups is 1. The van der Waals surface area contributed by atoms with Gasteiger partial charge in [0.15, 0.2) is 11.7 Å². The Hall–Kier alpha value is -3.37. The molecule has 2 aromatic carbocycles. The smallest absolute Gasteiger partial charge is 0.271 e. The first-order valence-electron chi connectivity index (χ1n) is 8.45. The van der Waals surface area contributed by atoms with Crippen LogP contribution in [0, 0.1) is 10.1 Å². The monoisotopic (exact) mass is 449 g/mol. The highest BCUT2D eigenvalue weighted by molar-refractivity contribution is 7.14. The molecule has 1 aromatic heterocycles. The Morgan fingerprint density at radius 2 is 2.00 bits per heavy atom. The highest BCUT2D eigenvalue weighted by Crippen LogP contribution is 2.35. The van der Waals surface area contributed by atoms with Crippen LogP contribution in [-0.2, 0) is 4.79 Å². The Balaban J connectivity index is 1.64. The lowest BCUT2D eigenvalue weighted by Crippen LogP contribution is -2.20. The molecule has 156 valence electrons. The van der Waals surface area contributed by atoms with Crippen LogP contribution >= 0.6 is 22.9 Å². The number of halogens is 1. The molecule has 1 heterocycles. The number of nitrogens with zero attached hydrogens (tertiary/aromatic N) is 2. The molecule has 0 unspecified atom stereocenters. The number of amides is 1. The van der Waals surface area contributed by atoms with E-state index in [-0.39, 0.29) is 23.1 Å². The van der Waals surface area contributed by atoms with Crippen molar-refractivity contribution in [3.8, 4) is 28.5 Å². The average Bonchev–Trinajstić information content (AvgIpc) is 3.20. The molecule has 3 rings (SSSR count). The third-order valence-electron chi connectivity index (χ3n) is 3.92. The summed E-state index contributed by atoms with van der Waals surface area (Å²) in [6.07, 6.45) is 0.